The third-order valence-corrected chi connectivity index (χ3v) is 5.04. The fourth-order valence-corrected chi connectivity index (χ4v) is 3.41. The average molecular weight is 383 g/mol. The van der Waals surface area contributed by atoms with Gasteiger partial charge in [-0.15, -0.1) is 10.2 Å². The van der Waals surface area contributed by atoms with Crippen molar-refractivity contribution in [2.75, 3.05) is 12.4 Å². The Balaban J connectivity index is 1.70. The molecule has 7 nitrogen and oxygen atoms in total. The molecule has 140 valence electrons. The summed E-state index contributed by atoms with van der Waals surface area (Å²) in [6.07, 6.45) is 3.47. The summed E-state index contributed by atoms with van der Waals surface area (Å²) in [7, 11) is 1.61. The molecule has 3 rings (SSSR count). The number of nitrogens with zero attached hydrogens (tertiary/aromatic N) is 4. The van der Waals surface area contributed by atoms with E-state index in [-0.39, 0.29) is 11.2 Å². The molecule has 0 unspecified atom stereocenters. The van der Waals surface area contributed by atoms with Crippen molar-refractivity contribution in [1.82, 2.24) is 19.7 Å². The second kappa shape index (κ2) is 8.68. The summed E-state index contributed by atoms with van der Waals surface area (Å²) in [5, 5.41) is 11.8. The first-order valence-corrected chi connectivity index (χ1v) is 9.45. The van der Waals surface area contributed by atoms with Crippen LogP contribution in [0.1, 0.15) is 13.8 Å². The minimum Gasteiger partial charge on any atom is -0.497 e. The van der Waals surface area contributed by atoms with Crippen LogP contribution in [-0.4, -0.2) is 38.0 Å². The number of pyridine rings is 1. The van der Waals surface area contributed by atoms with E-state index in [1.54, 1.807) is 31.6 Å². The molecule has 0 bridgehead atoms. The molecule has 27 heavy (non-hydrogen) atoms. The Morgan fingerprint density at radius 3 is 2.67 bits per heavy atom. The zero-order chi connectivity index (χ0) is 19.2. The molecule has 0 aliphatic carbocycles. The Hall–Kier alpha value is -2.87. The van der Waals surface area contributed by atoms with E-state index >= 15 is 0 Å². The second-order valence-electron chi connectivity index (χ2n) is 5.77. The zero-order valence-corrected chi connectivity index (χ0v) is 16.2. The Morgan fingerprint density at radius 2 is 2.04 bits per heavy atom. The number of thioether (sulfide) groups is 1. The molecule has 0 saturated carbocycles. The smallest absolute Gasteiger partial charge is 0.237 e. The number of ether oxygens (including phenoxy) is 1. The number of anilines is 1. The average Bonchev–Trinajstić information content (AvgIpc) is 3.11. The van der Waals surface area contributed by atoms with Gasteiger partial charge in [-0.25, -0.2) is 0 Å². The first-order chi connectivity index (χ1) is 13.1. The number of aromatic nitrogens is 4. The normalized spacial score (nSPS) is 11.8. The lowest BCUT2D eigenvalue weighted by Gasteiger charge is -2.13. The van der Waals surface area contributed by atoms with Crippen molar-refractivity contribution in [1.29, 1.82) is 0 Å². The van der Waals surface area contributed by atoms with Crippen LogP contribution in [-0.2, 0) is 11.3 Å². The highest BCUT2D eigenvalue weighted by atomic mass is 32.2. The van der Waals surface area contributed by atoms with Gasteiger partial charge in [0, 0.05) is 30.2 Å². The summed E-state index contributed by atoms with van der Waals surface area (Å²) in [6, 6.07) is 11.0. The number of hydrogen-bond donors (Lipinski definition) is 1. The van der Waals surface area contributed by atoms with Crippen LogP contribution in [0.15, 0.2) is 53.9 Å². The van der Waals surface area contributed by atoms with Crippen LogP contribution in [0.25, 0.3) is 11.4 Å². The van der Waals surface area contributed by atoms with E-state index in [0.29, 0.717) is 11.7 Å². The molecule has 1 N–H and O–H groups in total. The summed E-state index contributed by atoms with van der Waals surface area (Å²) in [5.41, 5.74) is 1.62. The number of nitrogens with one attached hydrogen (secondary N) is 1. The molecule has 8 heteroatoms. The Labute approximate surface area is 162 Å². The molecule has 0 saturated heterocycles. The minimum atomic E-state index is -0.330. The van der Waals surface area contributed by atoms with Crippen LogP contribution in [0.4, 0.5) is 5.69 Å². The summed E-state index contributed by atoms with van der Waals surface area (Å²) < 4.78 is 7.11. The lowest BCUT2D eigenvalue weighted by atomic mass is 10.3. The summed E-state index contributed by atoms with van der Waals surface area (Å²) in [5.74, 6) is 1.39. The molecular formula is C19H21N5O2S. The minimum absolute atomic E-state index is 0.0984. The number of hydrogen-bond acceptors (Lipinski definition) is 6. The molecule has 1 aromatic carbocycles. The summed E-state index contributed by atoms with van der Waals surface area (Å²) >= 11 is 1.38. The van der Waals surface area contributed by atoms with E-state index in [9.17, 15) is 4.79 Å². The van der Waals surface area contributed by atoms with Gasteiger partial charge in [-0.1, -0.05) is 11.8 Å². The first-order valence-electron chi connectivity index (χ1n) is 8.57. The number of methoxy groups -OCH3 is 1. The Bertz CT molecular complexity index is 896. The van der Waals surface area contributed by atoms with Crippen molar-refractivity contribution in [3.05, 3.63) is 48.8 Å². The molecule has 1 amide bonds. The van der Waals surface area contributed by atoms with Crippen LogP contribution in [0.3, 0.4) is 0 Å². The SMILES string of the molecule is CCn1c(S[C@@H](C)C(=O)Nc2ccc(OC)cc2)nnc1-c1cccnc1. The predicted octanol–water partition coefficient (Wildman–Crippen LogP) is 3.49. The van der Waals surface area contributed by atoms with Crippen molar-refractivity contribution in [2.45, 2.75) is 30.8 Å². The maximum atomic E-state index is 12.5. The molecule has 0 fully saturated rings. The topological polar surface area (TPSA) is 81.9 Å². The largest absolute Gasteiger partial charge is 0.497 e. The lowest BCUT2D eigenvalue weighted by molar-refractivity contribution is -0.115. The van der Waals surface area contributed by atoms with Gasteiger partial charge in [-0.05, 0) is 50.2 Å². The standard InChI is InChI=1S/C19H21N5O2S/c1-4-24-17(14-6-5-11-20-12-14)22-23-19(24)27-13(2)18(25)21-15-7-9-16(26-3)10-8-15/h5-13H,4H2,1-3H3,(H,21,25)/t13-/m0/s1. The third-order valence-electron chi connectivity index (χ3n) is 3.96. The molecule has 0 aliphatic heterocycles. The molecule has 2 heterocycles. The summed E-state index contributed by atoms with van der Waals surface area (Å²) in [6.45, 7) is 4.57. The molecule has 2 aromatic heterocycles. The maximum Gasteiger partial charge on any atom is 0.237 e. The zero-order valence-electron chi connectivity index (χ0n) is 15.4. The van der Waals surface area contributed by atoms with Gasteiger partial charge < -0.3 is 14.6 Å². The van der Waals surface area contributed by atoms with E-state index in [2.05, 4.69) is 20.5 Å². The Kier molecular flexibility index (Phi) is 6.08. The van der Waals surface area contributed by atoms with Gasteiger partial charge >= 0.3 is 0 Å². The molecule has 3 aromatic rings. The van der Waals surface area contributed by atoms with Gasteiger partial charge in [0.15, 0.2) is 11.0 Å². The van der Waals surface area contributed by atoms with Crippen LogP contribution >= 0.6 is 11.8 Å². The number of carbonyl (C=O) groups is 1. The van der Waals surface area contributed by atoms with E-state index in [1.165, 1.54) is 11.8 Å². The summed E-state index contributed by atoms with van der Waals surface area (Å²) in [4.78, 5) is 16.7. The lowest BCUT2D eigenvalue weighted by Crippen LogP contribution is -2.22. The van der Waals surface area contributed by atoms with E-state index in [4.69, 9.17) is 4.74 Å². The number of amides is 1. The highest BCUT2D eigenvalue weighted by Crippen LogP contribution is 2.27. The maximum absolute atomic E-state index is 12.5. The van der Waals surface area contributed by atoms with Crippen LogP contribution in [0, 0.1) is 0 Å². The highest BCUT2D eigenvalue weighted by Gasteiger charge is 2.20. The van der Waals surface area contributed by atoms with E-state index in [1.807, 2.05) is 42.7 Å². The van der Waals surface area contributed by atoms with Crippen molar-refractivity contribution in [3.8, 4) is 17.1 Å². The van der Waals surface area contributed by atoms with E-state index in [0.717, 1.165) is 22.8 Å². The van der Waals surface area contributed by atoms with Gasteiger partial charge in [0.1, 0.15) is 5.75 Å². The van der Waals surface area contributed by atoms with Crippen molar-refractivity contribution in [2.24, 2.45) is 0 Å². The Morgan fingerprint density at radius 1 is 1.26 bits per heavy atom. The van der Waals surface area contributed by atoms with E-state index < -0.39 is 0 Å². The van der Waals surface area contributed by atoms with Gasteiger partial charge in [-0.2, -0.15) is 0 Å². The number of carbonyl (C=O) groups excluding carboxylic acids is 1. The second-order valence-corrected chi connectivity index (χ2v) is 7.08. The van der Waals surface area contributed by atoms with Crippen molar-refractivity contribution in [3.63, 3.8) is 0 Å². The van der Waals surface area contributed by atoms with Gasteiger partial charge in [0.05, 0.1) is 12.4 Å². The van der Waals surface area contributed by atoms with Crippen LogP contribution < -0.4 is 10.1 Å². The van der Waals surface area contributed by atoms with Crippen molar-refractivity contribution >= 4 is 23.4 Å². The number of rotatable bonds is 7. The van der Waals surface area contributed by atoms with Gasteiger partial charge in [0.25, 0.3) is 0 Å². The van der Waals surface area contributed by atoms with Gasteiger partial charge in [-0.3, -0.25) is 9.78 Å². The fourth-order valence-electron chi connectivity index (χ4n) is 2.50. The highest BCUT2D eigenvalue weighted by molar-refractivity contribution is 8.00. The molecule has 0 radical (unpaired) electrons. The van der Waals surface area contributed by atoms with Gasteiger partial charge in [0.2, 0.25) is 5.91 Å². The predicted molar refractivity (Wildman–Crippen MR) is 106 cm³/mol. The third kappa shape index (κ3) is 4.46. The van der Waals surface area contributed by atoms with Crippen LogP contribution in [0.5, 0.6) is 5.75 Å². The number of benzene rings is 1. The molecule has 0 aliphatic rings. The van der Waals surface area contributed by atoms with Crippen LogP contribution in [0.2, 0.25) is 0 Å². The monoisotopic (exact) mass is 383 g/mol. The first kappa shape index (κ1) is 18.9. The molecular weight excluding hydrogens is 362 g/mol. The fraction of sp³-hybridized carbons (Fsp3) is 0.263. The quantitative estimate of drug-likeness (QED) is 0.629. The molecule has 0 spiro atoms. The molecule has 1 atom stereocenters. The van der Waals surface area contributed by atoms with Crippen molar-refractivity contribution < 1.29 is 9.53 Å².